The van der Waals surface area contributed by atoms with Gasteiger partial charge in [0.05, 0.1) is 0 Å². The zero-order valence-corrected chi connectivity index (χ0v) is 19.2. The van der Waals surface area contributed by atoms with E-state index in [1.165, 1.54) is 10.5 Å². The fourth-order valence-electron chi connectivity index (χ4n) is 4.36. The number of hydrogen-bond acceptors (Lipinski definition) is 3. The van der Waals surface area contributed by atoms with Crippen LogP contribution >= 0.6 is 0 Å². The number of benzene rings is 1. The summed E-state index contributed by atoms with van der Waals surface area (Å²) in [6.45, 7) is 4.15. The van der Waals surface area contributed by atoms with Gasteiger partial charge in [-0.1, -0.05) is 0 Å². The van der Waals surface area contributed by atoms with Crippen LogP contribution in [0.1, 0.15) is 38.7 Å². The van der Waals surface area contributed by atoms with Crippen LogP contribution in [0.2, 0.25) is 5.21 Å². The Balaban J connectivity index is 1.55. The Hall–Kier alpha value is -1.84. The Bertz CT molecular complexity index is 982. The summed E-state index contributed by atoms with van der Waals surface area (Å²) >= 11 is -0.543. The van der Waals surface area contributed by atoms with Crippen LogP contribution in [0, 0.1) is 11.7 Å². The van der Waals surface area contributed by atoms with E-state index in [1.807, 2.05) is 12.3 Å². The van der Waals surface area contributed by atoms with Crippen molar-refractivity contribution in [3.63, 3.8) is 0 Å². The number of fused-ring (bicyclic) bond motifs is 1. The average Bonchev–Trinajstić information content (AvgIpc) is 3.46. The van der Waals surface area contributed by atoms with Gasteiger partial charge in [0.2, 0.25) is 0 Å². The van der Waals surface area contributed by atoms with Gasteiger partial charge in [-0.05, 0) is 0 Å². The van der Waals surface area contributed by atoms with Crippen molar-refractivity contribution in [3.8, 4) is 5.75 Å². The van der Waals surface area contributed by atoms with Gasteiger partial charge in [-0.15, -0.1) is 0 Å². The third kappa shape index (κ3) is 4.36. The monoisotopic (exact) mass is 458 g/mol. The van der Waals surface area contributed by atoms with E-state index in [2.05, 4.69) is 29.9 Å². The minimum absolute atomic E-state index is 0.274. The van der Waals surface area contributed by atoms with Crippen LogP contribution in [0.25, 0.3) is 10.9 Å². The molecule has 1 fully saturated rings. The summed E-state index contributed by atoms with van der Waals surface area (Å²) in [5, 5.41) is 13.6. The third-order valence-corrected chi connectivity index (χ3v) is 9.00. The molecule has 2 atom stereocenters. The average molecular weight is 458 g/mol. The number of nitrogens with one attached hydrogen (secondary N) is 1. The second kappa shape index (κ2) is 7.77. The number of rotatable bonds is 8. The van der Waals surface area contributed by atoms with Crippen LogP contribution in [-0.4, -0.2) is 43.5 Å². The molecule has 0 radical (unpaired) electrons. The first kappa shape index (κ1) is 20.4. The fourth-order valence-corrected chi connectivity index (χ4v) is 7.28. The molecule has 4 rings (SSSR count). The van der Waals surface area contributed by atoms with Crippen molar-refractivity contribution in [1.29, 1.82) is 0 Å². The summed E-state index contributed by atoms with van der Waals surface area (Å²) in [7, 11) is 1.61. The van der Waals surface area contributed by atoms with Crippen molar-refractivity contribution in [2.45, 2.75) is 49.3 Å². The molecule has 0 bridgehead atoms. The Morgan fingerprint density at radius 2 is 2.07 bits per heavy atom. The number of halogens is 1. The Labute approximate surface area is 177 Å². The van der Waals surface area contributed by atoms with Gasteiger partial charge >= 0.3 is 178 Å². The third-order valence-electron chi connectivity index (χ3n) is 5.98. The van der Waals surface area contributed by atoms with E-state index in [0.29, 0.717) is 18.1 Å². The van der Waals surface area contributed by atoms with Crippen molar-refractivity contribution >= 4 is 31.1 Å². The van der Waals surface area contributed by atoms with E-state index in [-0.39, 0.29) is 5.82 Å². The summed E-state index contributed by atoms with van der Waals surface area (Å²) in [6, 6.07) is 8.79. The second-order valence-corrected chi connectivity index (χ2v) is 11.4. The minimum atomic E-state index is -0.740. The van der Waals surface area contributed by atoms with E-state index < -0.39 is 26.8 Å². The number of aliphatic hydroxyl groups is 1. The molecule has 6 heteroatoms. The van der Waals surface area contributed by atoms with Gasteiger partial charge in [0, 0.05) is 0 Å². The fraction of sp³-hybridized carbons (Fsp3) is 0.435. The summed E-state index contributed by atoms with van der Waals surface area (Å²) in [6.07, 6.45) is 6.38. The maximum atomic E-state index is 14.0. The van der Waals surface area contributed by atoms with Crippen molar-refractivity contribution in [2.75, 3.05) is 7.11 Å². The molecule has 1 saturated carbocycles. The van der Waals surface area contributed by atoms with E-state index in [4.69, 9.17) is 4.74 Å². The molecule has 0 spiro atoms. The molecule has 0 aliphatic heterocycles. The van der Waals surface area contributed by atoms with E-state index in [9.17, 15) is 9.50 Å². The standard InChI is InChI=1S/C23H28AsFN2O2/c1-22(2,18-11-17(25)6-7-20(18)29-3)13-23(28,16-4-5-16)14-24-21-10-15-12-26-9-8-19(15)27-21/h6-12,16,24,27-28H,4-5,13-14H2,1-3H3. The molecule has 29 heavy (non-hydrogen) atoms. The summed E-state index contributed by atoms with van der Waals surface area (Å²) in [4.78, 5) is 7.66. The number of methoxy groups -OCH3 is 1. The Kier molecular flexibility index (Phi) is 5.48. The van der Waals surface area contributed by atoms with Crippen LogP contribution in [0.4, 0.5) is 4.39 Å². The molecule has 1 aliphatic carbocycles. The van der Waals surface area contributed by atoms with Crippen molar-refractivity contribution in [2.24, 2.45) is 5.92 Å². The summed E-state index contributed by atoms with van der Waals surface area (Å²) < 4.78 is 20.7. The molecule has 1 aromatic carbocycles. The number of nitrogens with zero attached hydrogens (tertiary/aromatic N) is 1. The molecule has 2 heterocycles. The molecule has 0 saturated heterocycles. The van der Waals surface area contributed by atoms with Gasteiger partial charge in [0.25, 0.3) is 0 Å². The van der Waals surface area contributed by atoms with E-state index in [1.54, 1.807) is 25.4 Å². The van der Waals surface area contributed by atoms with Crippen LogP contribution in [-0.2, 0) is 5.41 Å². The quantitative estimate of drug-likeness (QED) is 0.507. The number of aromatic amines is 1. The first-order valence-electron chi connectivity index (χ1n) is 10.0. The zero-order chi connectivity index (χ0) is 20.6. The number of aromatic nitrogens is 2. The molecule has 4 nitrogen and oxygen atoms in total. The van der Waals surface area contributed by atoms with Crippen molar-refractivity contribution in [1.82, 2.24) is 9.97 Å². The molecule has 3 aromatic rings. The van der Waals surface area contributed by atoms with Crippen LogP contribution in [0.3, 0.4) is 0 Å². The van der Waals surface area contributed by atoms with Gasteiger partial charge in [-0.3, -0.25) is 0 Å². The number of pyridine rings is 1. The topological polar surface area (TPSA) is 58.1 Å². The van der Waals surface area contributed by atoms with Gasteiger partial charge in [-0.2, -0.15) is 0 Å². The molecule has 154 valence electrons. The summed E-state index contributed by atoms with van der Waals surface area (Å²) in [5.41, 5.74) is 0.770. The number of H-pyrrole nitrogens is 1. The van der Waals surface area contributed by atoms with Crippen LogP contribution < -0.4 is 9.22 Å². The van der Waals surface area contributed by atoms with Gasteiger partial charge in [0.15, 0.2) is 0 Å². The van der Waals surface area contributed by atoms with Crippen molar-refractivity contribution < 1.29 is 14.2 Å². The first-order chi connectivity index (χ1) is 13.8. The maximum absolute atomic E-state index is 14.0. The van der Waals surface area contributed by atoms with Gasteiger partial charge < -0.3 is 0 Å². The molecule has 2 unspecified atom stereocenters. The van der Waals surface area contributed by atoms with E-state index in [0.717, 1.165) is 34.5 Å². The number of ether oxygens (including phenoxy) is 1. The van der Waals surface area contributed by atoms with Gasteiger partial charge in [0.1, 0.15) is 0 Å². The summed E-state index contributed by atoms with van der Waals surface area (Å²) in [5.74, 6) is 0.730. The molecule has 1 aliphatic rings. The molecular formula is C23H28AsFN2O2. The molecule has 2 N–H and O–H groups in total. The first-order valence-corrected chi connectivity index (χ1v) is 12.6. The second-order valence-electron chi connectivity index (χ2n) is 8.78. The van der Waals surface area contributed by atoms with Crippen molar-refractivity contribution in [3.05, 3.63) is 54.1 Å². The van der Waals surface area contributed by atoms with Crippen LogP contribution in [0.5, 0.6) is 5.75 Å². The molecular weight excluding hydrogens is 430 g/mol. The predicted molar refractivity (Wildman–Crippen MR) is 116 cm³/mol. The van der Waals surface area contributed by atoms with Gasteiger partial charge in [-0.25, -0.2) is 0 Å². The predicted octanol–water partition coefficient (Wildman–Crippen LogP) is 3.70. The zero-order valence-electron chi connectivity index (χ0n) is 17.1. The normalized spacial score (nSPS) is 17.1. The van der Waals surface area contributed by atoms with E-state index >= 15 is 0 Å². The Morgan fingerprint density at radius 3 is 2.76 bits per heavy atom. The molecule has 2 aromatic heterocycles. The molecule has 0 amide bonds. The Morgan fingerprint density at radius 1 is 1.28 bits per heavy atom. The number of hydrogen-bond donors (Lipinski definition) is 2. The SMILES string of the molecule is COc1ccc(F)cc1C(C)(C)CC(O)(C[AsH]c1cc2cnccc2[nH]1)C1CC1. The van der Waals surface area contributed by atoms with Crippen LogP contribution in [0.15, 0.2) is 42.7 Å².